The number of aliphatic carboxylic acids is 1. The molecule has 1 aromatic carbocycles. The SMILES string of the molecule is CCCCNc1ccc(C(=O)OCCN(C)C)cc1.O=C1CC[C@@H](C(=O)O)N1. The number of likely N-dealkylation sites (N-methyl/N-ethyl adjacent to an activating group) is 1. The van der Waals surface area contributed by atoms with Gasteiger partial charge >= 0.3 is 11.9 Å². The summed E-state index contributed by atoms with van der Waals surface area (Å²) in [6, 6.07) is 6.78. The van der Waals surface area contributed by atoms with Gasteiger partial charge in [-0.25, -0.2) is 9.59 Å². The number of nitrogens with zero attached hydrogens (tertiary/aromatic N) is 1. The van der Waals surface area contributed by atoms with E-state index in [0.29, 0.717) is 25.0 Å². The Balaban J connectivity index is 0.000000362. The number of carbonyl (C=O) groups excluding carboxylic acids is 2. The molecule has 1 amide bonds. The number of esters is 1. The molecule has 1 fully saturated rings. The molecule has 0 aliphatic carbocycles. The first kappa shape index (κ1) is 23.4. The van der Waals surface area contributed by atoms with Crippen LogP contribution in [0.25, 0.3) is 0 Å². The van der Waals surface area contributed by atoms with Gasteiger partial charge in [0.15, 0.2) is 0 Å². The Bertz CT molecular complexity index is 631. The van der Waals surface area contributed by atoms with E-state index in [2.05, 4.69) is 17.6 Å². The predicted molar refractivity (Wildman–Crippen MR) is 107 cm³/mol. The Morgan fingerprint density at radius 1 is 1.29 bits per heavy atom. The van der Waals surface area contributed by atoms with Crippen LogP contribution in [0.4, 0.5) is 5.69 Å². The summed E-state index contributed by atoms with van der Waals surface area (Å²) in [6.07, 6.45) is 3.09. The Morgan fingerprint density at radius 2 is 1.96 bits per heavy atom. The Labute approximate surface area is 166 Å². The van der Waals surface area contributed by atoms with Crippen LogP contribution in [0.3, 0.4) is 0 Å². The van der Waals surface area contributed by atoms with Crippen LogP contribution in [0.2, 0.25) is 0 Å². The summed E-state index contributed by atoms with van der Waals surface area (Å²) < 4.78 is 5.18. The lowest BCUT2D eigenvalue weighted by Gasteiger charge is -2.10. The maximum absolute atomic E-state index is 11.7. The second-order valence-electron chi connectivity index (χ2n) is 6.79. The van der Waals surface area contributed by atoms with E-state index >= 15 is 0 Å². The smallest absolute Gasteiger partial charge is 0.338 e. The highest BCUT2D eigenvalue weighted by Gasteiger charge is 2.26. The molecule has 2 rings (SSSR count). The average molecular weight is 393 g/mol. The molecule has 1 heterocycles. The zero-order chi connectivity index (χ0) is 20.9. The van der Waals surface area contributed by atoms with Gasteiger partial charge in [0.1, 0.15) is 12.6 Å². The number of amides is 1. The topological polar surface area (TPSA) is 108 Å². The molecule has 0 saturated carbocycles. The molecular weight excluding hydrogens is 362 g/mol. The lowest BCUT2D eigenvalue weighted by atomic mass is 10.2. The van der Waals surface area contributed by atoms with Crippen LogP contribution in [0.5, 0.6) is 0 Å². The van der Waals surface area contributed by atoms with Crippen molar-refractivity contribution in [3.63, 3.8) is 0 Å². The van der Waals surface area contributed by atoms with Crippen molar-refractivity contribution in [2.75, 3.05) is 39.1 Å². The molecule has 0 bridgehead atoms. The summed E-state index contributed by atoms with van der Waals surface area (Å²) in [4.78, 5) is 34.2. The molecule has 0 unspecified atom stereocenters. The fraction of sp³-hybridized carbons (Fsp3) is 0.550. The van der Waals surface area contributed by atoms with E-state index in [0.717, 1.165) is 25.2 Å². The minimum absolute atomic E-state index is 0.164. The molecule has 0 spiro atoms. The van der Waals surface area contributed by atoms with E-state index in [9.17, 15) is 14.4 Å². The van der Waals surface area contributed by atoms with Crippen molar-refractivity contribution >= 4 is 23.5 Å². The number of anilines is 1. The van der Waals surface area contributed by atoms with Crippen molar-refractivity contribution in [1.29, 1.82) is 0 Å². The zero-order valence-electron chi connectivity index (χ0n) is 16.9. The van der Waals surface area contributed by atoms with E-state index < -0.39 is 12.0 Å². The van der Waals surface area contributed by atoms with Gasteiger partial charge in [-0.15, -0.1) is 0 Å². The van der Waals surface area contributed by atoms with E-state index in [1.165, 1.54) is 6.42 Å². The first-order chi connectivity index (χ1) is 13.3. The van der Waals surface area contributed by atoms with Gasteiger partial charge in [0, 0.05) is 25.2 Å². The van der Waals surface area contributed by atoms with Crippen molar-refractivity contribution in [3.05, 3.63) is 29.8 Å². The highest BCUT2D eigenvalue weighted by Crippen LogP contribution is 2.10. The Kier molecular flexibility index (Phi) is 10.6. The Hall–Kier alpha value is -2.61. The number of carboxylic acid groups (broad SMARTS) is 1. The van der Waals surface area contributed by atoms with Crippen LogP contribution >= 0.6 is 0 Å². The normalized spacial score (nSPS) is 15.4. The van der Waals surface area contributed by atoms with Crippen molar-refractivity contribution in [2.45, 2.75) is 38.6 Å². The van der Waals surface area contributed by atoms with Gasteiger partial charge in [0.2, 0.25) is 5.91 Å². The zero-order valence-corrected chi connectivity index (χ0v) is 16.9. The van der Waals surface area contributed by atoms with Gasteiger partial charge in [-0.2, -0.15) is 0 Å². The van der Waals surface area contributed by atoms with Crippen LogP contribution in [0.1, 0.15) is 43.0 Å². The van der Waals surface area contributed by atoms with E-state index in [1.54, 1.807) is 12.1 Å². The molecule has 1 saturated heterocycles. The Morgan fingerprint density at radius 3 is 2.43 bits per heavy atom. The van der Waals surface area contributed by atoms with E-state index in [4.69, 9.17) is 9.84 Å². The quantitative estimate of drug-likeness (QED) is 0.435. The number of hydrogen-bond donors (Lipinski definition) is 3. The molecule has 1 atom stereocenters. The molecule has 1 aromatic rings. The molecule has 156 valence electrons. The van der Waals surface area contributed by atoms with Gasteiger partial charge in [0.05, 0.1) is 5.56 Å². The first-order valence-corrected chi connectivity index (χ1v) is 9.51. The third-order valence-corrected chi connectivity index (χ3v) is 4.05. The fourth-order valence-electron chi connectivity index (χ4n) is 2.34. The molecular formula is C20H31N3O5. The molecule has 8 nitrogen and oxygen atoms in total. The van der Waals surface area contributed by atoms with Crippen LogP contribution in [0.15, 0.2) is 24.3 Å². The van der Waals surface area contributed by atoms with Crippen molar-refractivity contribution in [1.82, 2.24) is 10.2 Å². The fourth-order valence-corrected chi connectivity index (χ4v) is 2.34. The number of ether oxygens (including phenoxy) is 1. The van der Waals surface area contributed by atoms with Crippen molar-refractivity contribution in [3.8, 4) is 0 Å². The van der Waals surface area contributed by atoms with Gasteiger partial charge in [-0.3, -0.25) is 4.79 Å². The van der Waals surface area contributed by atoms with Gasteiger partial charge in [0.25, 0.3) is 0 Å². The first-order valence-electron chi connectivity index (χ1n) is 9.51. The summed E-state index contributed by atoms with van der Waals surface area (Å²) >= 11 is 0. The van der Waals surface area contributed by atoms with Gasteiger partial charge in [-0.05, 0) is 51.2 Å². The van der Waals surface area contributed by atoms with Crippen molar-refractivity contribution < 1.29 is 24.2 Å². The summed E-state index contributed by atoms with van der Waals surface area (Å²) in [5.41, 5.74) is 1.64. The maximum Gasteiger partial charge on any atom is 0.338 e. The molecule has 0 radical (unpaired) electrons. The second-order valence-corrected chi connectivity index (χ2v) is 6.79. The number of carbonyl (C=O) groups is 3. The summed E-state index contributed by atoms with van der Waals surface area (Å²) in [5.74, 6) is -1.37. The van der Waals surface area contributed by atoms with Crippen LogP contribution < -0.4 is 10.6 Å². The molecule has 28 heavy (non-hydrogen) atoms. The number of rotatable bonds is 9. The molecule has 8 heteroatoms. The predicted octanol–water partition coefficient (Wildman–Crippen LogP) is 1.97. The third-order valence-electron chi connectivity index (χ3n) is 4.05. The molecule has 1 aliphatic rings. The average Bonchev–Trinajstić information content (AvgIpc) is 3.09. The van der Waals surface area contributed by atoms with E-state index in [1.807, 2.05) is 31.1 Å². The number of nitrogens with one attached hydrogen (secondary N) is 2. The lowest BCUT2D eigenvalue weighted by Crippen LogP contribution is -2.32. The second kappa shape index (κ2) is 12.7. The largest absolute Gasteiger partial charge is 0.480 e. The summed E-state index contributed by atoms with van der Waals surface area (Å²) in [6.45, 7) is 4.28. The number of unbranched alkanes of at least 4 members (excludes halogenated alkanes) is 1. The van der Waals surface area contributed by atoms with Crippen LogP contribution in [0, 0.1) is 0 Å². The summed E-state index contributed by atoms with van der Waals surface area (Å²) in [5, 5.41) is 13.9. The summed E-state index contributed by atoms with van der Waals surface area (Å²) in [7, 11) is 3.90. The van der Waals surface area contributed by atoms with Crippen LogP contribution in [-0.4, -0.2) is 67.7 Å². The van der Waals surface area contributed by atoms with Crippen LogP contribution in [-0.2, 0) is 14.3 Å². The monoisotopic (exact) mass is 393 g/mol. The standard InChI is InChI=1S/C15H24N2O2.C5H7NO3/c1-4-5-10-16-14-8-6-13(7-9-14)15(18)19-12-11-17(2)3;7-4-2-1-3(6-4)5(8)9/h6-9,16H,4-5,10-12H2,1-3H3;3H,1-2H2,(H,6,7)(H,8,9)/t;3-/m.0/s1. The minimum atomic E-state index is -0.944. The van der Waals surface area contributed by atoms with E-state index in [-0.39, 0.29) is 11.9 Å². The van der Waals surface area contributed by atoms with Gasteiger partial charge < -0.3 is 25.4 Å². The third kappa shape index (κ3) is 9.36. The maximum atomic E-state index is 11.7. The molecule has 1 aliphatic heterocycles. The lowest BCUT2D eigenvalue weighted by molar-refractivity contribution is -0.140. The minimum Gasteiger partial charge on any atom is -0.480 e. The highest BCUT2D eigenvalue weighted by molar-refractivity contribution is 5.89. The van der Waals surface area contributed by atoms with Crippen molar-refractivity contribution in [2.24, 2.45) is 0 Å². The number of hydrogen-bond acceptors (Lipinski definition) is 6. The highest BCUT2D eigenvalue weighted by atomic mass is 16.5. The number of carboxylic acids is 1. The number of benzene rings is 1. The van der Waals surface area contributed by atoms with Gasteiger partial charge in [-0.1, -0.05) is 13.3 Å². The molecule has 0 aromatic heterocycles. The molecule has 3 N–H and O–H groups in total.